The monoisotopic (exact) mass is 563 g/mol. The van der Waals surface area contributed by atoms with Crippen LogP contribution >= 0.6 is 0 Å². The molecule has 204 valence electrons. The molecule has 2 aromatic heterocycles. The number of ether oxygens (including phenoxy) is 1. The first-order chi connectivity index (χ1) is 18.5. The quantitative estimate of drug-likeness (QED) is 0.153. The minimum Gasteiger partial charge on any atom is -0.360 e. The van der Waals surface area contributed by atoms with Gasteiger partial charge in [-0.15, -0.1) is 0 Å². The third kappa shape index (κ3) is 6.72. The van der Waals surface area contributed by atoms with E-state index in [4.69, 9.17) is 14.8 Å². The van der Waals surface area contributed by atoms with Gasteiger partial charge in [0.2, 0.25) is 0 Å². The van der Waals surface area contributed by atoms with Gasteiger partial charge in [-0.05, 0) is 66.4 Å². The van der Waals surface area contributed by atoms with Crippen molar-refractivity contribution in [2.24, 2.45) is 0 Å². The van der Waals surface area contributed by atoms with Crippen LogP contribution in [0.3, 0.4) is 0 Å². The Morgan fingerprint density at radius 1 is 1.00 bits per heavy atom. The maximum Gasteiger partial charge on any atom is 0.175 e. The number of halogens is 1. The molecule has 0 aliphatic heterocycles. The molecular weight excluding hydrogens is 529 g/mol. The summed E-state index contributed by atoms with van der Waals surface area (Å²) in [6.45, 7) is 7.96. The Hall–Kier alpha value is -3.14. The molecule has 2 heterocycles. The van der Waals surface area contributed by atoms with E-state index < -0.39 is 17.9 Å². The van der Waals surface area contributed by atoms with Crippen molar-refractivity contribution < 1.29 is 17.5 Å². The molecule has 1 fully saturated rings. The SMILES string of the molecule is C[Si](C)(C)CCOCn1cc(-c2ccc(F)c(-c3ccc(S(C)(=O)=O)cc3)c2)c(-c2cccc(C3CC3)n2)n1. The summed E-state index contributed by atoms with van der Waals surface area (Å²) in [5.41, 5.74) is 5.18. The van der Waals surface area contributed by atoms with Gasteiger partial charge < -0.3 is 4.74 Å². The first kappa shape index (κ1) is 27.4. The number of aromatic nitrogens is 3. The highest BCUT2D eigenvalue weighted by molar-refractivity contribution is 7.90. The largest absolute Gasteiger partial charge is 0.360 e. The molecule has 4 aromatic rings. The van der Waals surface area contributed by atoms with E-state index in [-0.39, 0.29) is 10.7 Å². The van der Waals surface area contributed by atoms with E-state index in [2.05, 4.69) is 25.7 Å². The molecular formula is C30H34FN3O3SSi. The average Bonchev–Trinajstić information content (AvgIpc) is 3.66. The van der Waals surface area contributed by atoms with Crippen LogP contribution in [-0.2, 0) is 21.3 Å². The predicted molar refractivity (Wildman–Crippen MR) is 155 cm³/mol. The Morgan fingerprint density at radius 3 is 2.38 bits per heavy atom. The summed E-state index contributed by atoms with van der Waals surface area (Å²) < 4.78 is 46.5. The number of rotatable bonds is 10. The Labute approximate surface area is 230 Å². The van der Waals surface area contributed by atoms with Gasteiger partial charge in [0.25, 0.3) is 0 Å². The van der Waals surface area contributed by atoms with Gasteiger partial charge in [0.15, 0.2) is 9.84 Å². The summed E-state index contributed by atoms with van der Waals surface area (Å²) in [7, 11) is -4.55. The van der Waals surface area contributed by atoms with E-state index in [9.17, 15) is 8.42 Å². The molecule has 6 nitrogen and oxygen atoms in total. The van der Waals surface area contributed by atoms with Gasteiger partial charge in [-0.3, -0.25) is 4.98 Å². The van der Waals surface area contributed by atoms with Crippen LogP contribution < -0.4 is 0 Å². The van der Waals surface area contributed by atoms with Crippen LogP contribution in [0.5, 0.6) is 0 Å². The van der Waals surface area contributed by atoms with Crippen molar-refractivity contribution in [2.45, 2.75) is 56.1 Å². The van der Waals surface area contributed by atoms with E-state index >= 15 is 4.39 Å². The fraction of sp³-hybridized carbons (Fsp3) is 0.333. The zero-order valence-corrected chi connectivity index (χ0v) is 24.6. The average molecular weight is 564 g/mol. The third-order valence-corrected chi connectivity index (χ3v) is 9.69. The number of pyridine rings is 1. The van der Waals surface area contributed by atoms with Crippen molar-refractivity contribution in [3.8, 4) is 33.6 Å². The van der Waals surface area contributed by atoms with Gasteiger partial charge >= 0.3 is 0 Å². The molecule has 0 radical (unpaired) electrons. The second kappa shape index (κ2) is 10.8. The zero-order valence-electron chi connectivity index (χ0n) is 22.8. The van der Waals surface area contributed by atoms with Crippen LogP contribution in [0.4, 0.5) is 4.39 Å². The highest BCUT2D eigenvalue weighted by atomic mass is 32.2. The van der Waals surface area contributed by atoms with Crippen molar-refractivity contribution >= 4 is 17.9 Å². The van der Waals surface area contributed by atoms with E-state index in [1.165, 1.54) is 18.2 Å². The van der Waals surface area contributed by atoms with Gasteiger partial charge in [-0.1, -0.05) is 43.9 Å². The second-order valence-electron chi connectivity index (χ2n) is 11.5. The fourth-order valence-corrected chi connectivity index (χ4v) is 5.80. The first-order valence-electron chi connectivity index (χ1n) is 13.2. The van der Waals surface area contributed by atoms with Crippen LogP contribution in [0, 0.1) is 5.82 Å². The van der Waals surface area contributed by atoms with E-state index in [0.29, 0.717) is 30.4 Å². The zero-order chi connectivity index (χ0) is 27.8. The molecule has 0 spiro atoms. The maximum absolute atomic E-state index is 15.0. The molecule has 0 atom stereocenters. The molecule has 1 aliphatic carbocycles. The summed E-state index contributed by atoms with van der Waals surface area (Å²) in [6, 6.07) is 18.4. The molecule has 39 heavy (non-hydrogen) atoms. The van der Waals surface area contributed by atoms with Crippen LogP contribution in [-0.4, -0.2) is 44.1 Å². The van der Waals surface area contributed by atoms with Gasteiger partial charge in [0, 0.05) is 49.9 Å². The molecule has 0 saturated heterocycles. The molecule has 5 rings (SSSR count). The van der Waals surface area contributed by atoms with E-state index in [1.807, 2.05) is 18.3 Å². The third-order valence-electron chi connectivity index (χ3n) is 6.86. The highest BCUT2D eigenvalue weighted by Crippen LogP contribution is 2.40. The molecule has 2 aromatic carbocycles. The normalized spacial score (nSPS) is 14.1. The Kier molecular flexibility index (Phi) is 7.59. The summed E-state index contributed by atoms with van der Waals surface area (Å²) >= 11 is 0. The van der Waals surface area contributed by atoms with Crippen LogP contribution in [0.1, 0.15) is 24.5 Å². The maximum atomic E-state index is 15.0. The van der Waals surface area contributed by atoms with Gasteiger partial charge in [0.05, 0.1) is 10.6 Å². The van der Waals surface area contributed by atoms with E-state index in [1.54, 1.807) is 28.9 Å². The van der Waals surface area contributed by atoms with Crippen molar-refractivity contribution in [1.82, 2.24) is 14.8 Å². The minimum atomic E-state index is -3.34. The van der Waals surface area contributed by atoms with Gasteiger partial charge in [0.1, 0.15) is 18.2 Å². The summed E-state index contributed by atoms with van der Waals surface area (Å²) in [5, 5.41) is 4.86. The van der Waals surface area contributed by atoms with Gasteiger partial charge in [-0.2, -0.15) is 5.10 Å². The standard InChI is InChI=1S/C30H34FN3O3SSi/c1-38(35,36)24-13-10-21(11-14-24)25-18-23(12-15-27(25)31)26-19-34(20-37-16-17-39(2,3)4)33-30(26)29-7-5-6-28(32-29)22-8-9-22/h5-7,10-15,18-19,22H,8-9,16-17,20H2,1-4H3. The Balaban J connectivity index is 1.52. The molecule has 0 amide bonds. The minimum absolute atomic E-state index is 0.196. The second-order valence-corrected chi connectivity index (χ2v) is 19.1. The number of hydrogen-bond donors (Lipinski definition) is 0. The van der Waals surface area contributed by atoms with Crippen molar-refractivity contribution in [1.29, 1.82) is 0 Å². The van der Waals surface area contributed by atoms with Crippen LogP contribution in [0.25, 0.3) is 33.6 Å². The van der Waals surface area contributed by atoms with E-state index in [0.717, 1.165) is 53.4 Å². The van der Waals surface area contributed by atoms with Gasteiger partial charge in [-0.25, -0.2) is 17.5 Å². The number of nitrogens with zero attached hydrogens (tertiary/aromatic N) is 3. The lowest BCUT2D eigenvalue weighted by Crippen LogP contribution is -2.22. The molecule has 0 bridgehead atoms. The lowest BCUT2D eigenvalue weighted by Gasteiger charge is -2.15. The van der Waals surface area contributed by atoms with Crippen molar-refractivity contribution in [2.75, 3.05) is 12.9 Å². The number of benzene rings is 2. The highest BCUT2D eigenvalue weighted by Gasteiger charge is 2.26. The van der Waals surface area contributed by atoms with Crippen LogP contribution in [0.2, 0.25) is 25.7 Å². The van der Waals surface area contributed by atoms with Crippen molar-refractivity contribution in [3.63, 3.8) is 0 Å². The first-order valence-corrected chi connectivity index (χ1v) is 18.8. The molecule has 1 aliphatic rings. The Bertz CT molecular complexity index is 1590. The lowest BCUT2D eigenvalue weighted by atomic mass is 9.98. The smallest absolute Gasteiger partial charge is 0.175 e. The topological polar surface area (TPSA) is 74.1 Å². The molecule has 0 N–H and O–H groups in total. The lowest BCUT2D eigenvalue weighted by molar-refractivity contribution is 0.0787. The summed E-state index contributed by atoms with van der Waals surface area (Å²) in [6.07, 6.45) is 5.40. The molecule has 9 heteroatoms. The summed E-state index contributed by atoms with van der Waals surface area (Å²) in [5.74, 6) is 0.121. The molecule has 1 saturated carbocycles. The number of sulfone groups is 1. The molecule has 0 unspecified atom stereocenters. The fourth-order valence-electron chi connectivity index (χ4n) is 4.41. The predicted octanol–water partition coefficient (Wildman–Crippen LogP) is 7.01. The Morgan fingerprint density at radius 2 is 1.72 bits per heavy atom. The van der Waals surface area contributed by atoms with Crippen LogP contribution in [0.15, 0.2) is 71.8 Å². The summed E-state index contributed by atoms with van der Waals surface area (Å²) in [4.78, 5) is 5.12. The van der Waals surface area contributed by atoms with Crippen molar-refractivity contribution in [3.05, 3.63) is 78.4 Å². The number of hydrogen-bond acceptors (Lipinski definition) is 5.